The molecule has 0 unspecified atom stereocenters. The van der Waals surface area contributed by atoms with Gasteiger partial charge in [-0.05, 0) is 32.4 Å². The highest BCUT2D eigenvalue weighted by atomic mass is 16.2. The fourth-order valence-electron chi connectivity index (χ4n) is 1.65. The van der Waals surface area contributed by atoms with E-state index in [2.05, 4.69) is 27.8 Å². The summed E-state index contributed by atoms with van der Waals surface area (Å²) >= 11 is 0. The van der Waals surface area contributed by atoms with Crippen molar-refractivity contribution in [3.63, 3.8) is 0 Å². The number of nitrogens with one attached hydrogen (secondary N) is 2. The highest BCUT2D eigenvalue weighted by Crippen LogP contribution is 2.11. The zero-order valence-corrected chi connectivity index (χ0v) is 10.9. The van der Waals surface area contributed by atoms with Crippen LogP contribution in [0.3, 0.4) is 0 Å². The summed E-state index contributed by atoms with van der Waals surface area (Å²) in [5.74, 6) is 0.466. The van der Waals surface area contributed by atoms with Crippen molar-refractivity contribution in [1.29, 1.82) is 0 Å². The predicted octanol–water partition coefficient (Wildman–Crippen LogP) is 1.83. The second kappa shape index (κ2) is 5.61. The normalized spacial score (nSPS) is 11.1. The smallest absolute Gasteiger partial charge is 0.272 e. The molecule has 0 aliphatic heterocycles. The highest BCUT2D eigenvalue weighted by Gasteiger charge is 2.20. The predicted molar refractivity (Wildman–Crippen MR) is 68.0 cm³/mol. The molecular weight excluding hydrogens is 216 g/mol. The Bertz CT molecular complexity index is 373. The Balaban J connectivity index is 2.69. The van der Waals surface area contributed by atoms with Gasteiger partial charge in [0, 0.05) is 12.6 Å². The van der Waals surface area contributed by atoms with Gasteiger partial charge >= 0.3 is 0 Å². The Morgan fingerprint density at radius 1 is 1.35 bits per heavy atom. The summed E-state index contributed by atoms with van der Waals surface area (Å²) in [4.78, 5) is 11.9. The van der Waals surface area contributed by atoms with Crippen molar-refractivity contribution in [2.75, 3.05) is 12.4 Å². The number of rotatable bonds is 5. The van der Waals surface area contributed by atoms with Crippen molar-refractivity contribution in [3.8, 4) is 0 Å². The molecule has 0 aliphatic rings. The van der Waals surface area contributed by atoms with Gasteiger partial charge in [-0.2, -0.15) is 0 Å². The molecule has 1 rings (SSSR count). The minimum absolute atomic E-state index is 0.182. The molecule has 5 nitrogen and oxygen atoms in total. The Labute approximate surface area is 102 Å². The average Bonchev–Trinajstić information content (AvgIpc) is 2.28. The van der Waals surface area contributed by atoms with Gasteiger partial charge in [-0.25, -0.2) is 0 Å². The molecule has 0 fully saturated rings. The van der Waals surface area contributed by atoms with Crippen molar-refractivity contribution in [2.45, 2.75) is 39.2 Å². The van der Waals surface area contributed by atoms with E-state index in [1.54, 1.807) is 19.2 Å². The van der Waals surface area contributed by atoms with Crippen LogP contribution in [0.4, 0.5) is 5.82 Å². The highest BCUT2D eigenvalue weighted by molar-refractivity contribution is 5.92. The van der Waals surface area contributed by atoms with Gasteiger partial charge in [0.1, 0.15) is 5.82 Å². The van der Waals surface area contributed by atoms with E-state index < -0.39 is 0 Å². The van der Waals surface area contributed by atoms with Gasteiger partial charge < -0.3 is 10.6 Å². The second-order valence-electron chi connectivity index (χ2n) is 4.64. The maximum atomic E-state index is 11.9. The lowest BCUT2D eigenvalue weighted by atomic mass is 9.99. The number of aromatic nitrogens is 2. The molecule has 0 spiro atoms. The first-order valence-corrected chi connectivity index (χ1v) is 5.82. The van der Waals surface area contributed by atoms with Gasteiger partial charge in [0.2, 0.25) is 0 Å². The summed E-state index contributed by atoms with van der Waals surface area (Å²) in [6, 6.07) is 3.39. The van der Waals surface area contributed by atoms with Crippen molar-refractivity contribution < 1.29 is 4.79 Å². The maximum absolute atomic E-state index is 11.9. The average molecular weight is 236 g/mol. The minimum atomic E-state index is -0.213. The third-order valence-electron chi connectivity index (χ3n) is 2.48. The van der Waals surface area contributed by atoms with Crippen LogP contribution in [0.15, 0.2) is 12.1 Å². The zero-order valence-electron chi connectivity index (χ0n) is 10.9. The third-order valence-corrected chi connectivity index (χ3v) is 2.48. The van der Waals surface area contributed by atoms with Crippen molar-refractivity contribution in [1.82, 2.24) is 15.5 Å². The summed E-state index contributed by atoms with van der Waals surface area (Å²) in [7, 11) is 1.76. The second-order valence-corrected chi connectivity index (χ2v) is 4.64. The van der Waals surface area contributed by atoms with Gasteiger partial charge in [-0.1, -0.05) is 13.3 Å². The standard InChI is InChI=1S/C12H20N4O/c1-5-8-12(2,3)14-11(17)9-6-7-10(13-4)16-15-9/h6-7H,5,8H2,1-4H3,(H,13,16)(H,14,17). The summed E-state index contributed by atoms with van der Waals surface area (Å²) in [6.45, 7) is 6.10. The number of amides is 1. The summed E-state index contributed by atoms with van der Waals surface area (Å²) in [6.07, 6.45) is 1.96. The SMILES string of the molecule is CCCC(C)(C)NC(=O)c1ccc(NC)nn1. The van der Waals surface area contributed by atoms with Crippen LogP contribution in [-0.2, 0) is 0 Å². The first-order chi connectivity index (χ1) is 7.98. The van der Waals surface area contributed by atoms with E-state index in [1.807, 2.05) is 13.8 Å². The van der Waals surface area contributed by atoms with Crippen molar-refractivity contribution in [3.05, 3.63) is 17.8 Å². The number of carbonyl (C=O) groups excluding carboxylic acids is 1. The first-order valence-electron chi connectivity index (χ1n) is 5.82. The maximum Gasteiger partial charge on any atom is 0.272 e. The van der Waals surface area contributed by atoms with Crippen LogP contribution in [0, 0.1) is 0 Å². The molecule has 5 heteroatoms. The Hall–Kier alpha value is -1.65. The number of anilines is 1. The lowest BCUT2D eigenvalue weighted by molar-refractivity contribution is 0.0903. The van der Waals surface area contributed by atoms with Crippen LogP contribution < -0.4 is 10.6 Å². The summed E-state index contributed by atoms with van der Waals surface area (Å²) in [5, 5.41) is 13.5. The lowest BCUT2D eigenvalue weighted by Gasteiger charge is -2.25. The Kier molecular flexibility index (Phi) is 4.43. The van der Waals surface area contributed by atoms with Gasteiger partial charge in [-0.3, -0.25) is 4.79 Å². The summed E-state index contributed by atoms with van der Waals surface area (Å²) < 4.78 is 0. The van der Waals surface area contributed by atoms with Gasteiger partial charge in [0.25, 0.3) is 5.91 Å². The fraction of sp³-hybridized carbons (Fsp3) is 0.583. The van der Waals surface area contributed by atoms with Crippen LogP contribution in [-0.4, -0.2) is 28.7 Å². The van der Waals surface area contributed by atoms with E-state index >= 15 is 0 Å². The molecule has 2 N–H and O–H groups in total. The molecule has 0 atom stereocenters. The fourth-order valence-corrected chi connectivity index (χ4v) is 1.65. The van der Waals surface area contributed by atoms with Gasteiger partial charge in [-0.15, -0.1) is 10.2 Å². The Morgan fingerprint density at radius 3 is 2.53 bits per heavy atom. The lowest BCUT2D eigenvalue weighted by Crippen LogP contribution is -2.43. The molecule has 0 saturated heterocycles. The van der Waals surface area contributed by atoms with Gasteiger partial charge in [0.05, 0.1) is 0 Å². The number of hydrogen-bond donors (Lipinski definition) is 2. The minimum Gasteiger partial charge on any atom is -0.372 e. The van der Waals surface area contributed by atoms with Crippen LogP contribution in [0.2, 0.25) is 0 Å². The first kappa shape index (κ1) is 13.4. The van der Waals surface area contributed by atoms with Gasteiger partial charge in [0.15, 0.2) is 5.69 Å². The monoisotopic (exact) mass is 236 g/mol. The number of hydrogen-bond acceptors (Lipinski definition) is 4. The van der Waals surface area contributed by atoms with Crippen LogP contribution in [0.1, 0.15) is 44.1 Å². The van der Waals surface area contributed by atoms with Crippen LogP contribution in [0.25, 0.3) is 0 Å². The number of carbonyl (C=O) groups is 1. The molecule has 1 amide bonds. The molecule has 0 aliphatic carbocycles. The van der Waals surface area contributed by atoms with E-state index in [0.717, 1.165) is 12.8 Å². The number of nitrogens with zero attached hydrogens (tertiary/aromatic N) is 2. The van der Waals surface area contributed by atoms with Crippen LogP contribution >= 0.6 is 0 Å². The molecule has 94 valence electrons. The van der Waals surface area contributed by atoms with E-state index in [0.29, 0.717) is 11.5 Å². The van der Waals surface area contributed by atoms with Crippen molar-refractivity contribution >= 4 is 11.7 Å². The van der Waals surface area contributed by atoms with E-state index in [9.17, 15) is 4.79 Å². The molecular formula is C12H20N4O. The van der Waals surface area contributed by atoms with E-state index in [4.69, 9.17) is 0 Å². The molecule has 0 radical (unpaired) electrons. The molecule has 17 heavy (non-hydrogen) atoms. The molecule has 0 saturated carbocycles. The quantitative estimate of drug-likeness (QED) is 0.818. The van der Waals surface area contributed by atoms with E-state index in [1.165, 1.54) is 0 Å². The molecule has 0 bridgehead atoms. The topological polar surface area (TPSA) is 66.9 Å². The molecule has 1 aromatic rings. The zero-order chi connectivity index (χ0) is 12.9. The molecule has 1 aromatic heterocycles. The molecule has 1 heterocycles. The largest absolute Gasteiger partial charge is 0.372 e. The van der Waals surface area contributed by atoms with E-state index in [-0.39, 0.29) is 11.4 Å². The third kappa shape index (κ3) is 4.01. The summed E-state index contributed by atoms with van der Waals surface area (Å²) in [5.41, 5.74) is 0.128. The van der Waals surface area contributed by atoms with Crippen molar-refractivity contribution in [2.24, 2.45) is 0 Å². The Morgan fingerprint density at radius 2 is 2.06 bits per heavy atom. The van der Waals surface area contributed by atoms with Crippen LogP contribution in [0.5, 0.6) is 0 Å². The molecule has 0 aromatic carbocycles.